The number of hydrogen-bond acceptors (Lipinski definition) is 7. The molecule has 2 heterocycles. The van der Waals surface area contributed by atoms with Crippen LogP contribution in [0.25, 0.3) is 0 Å². The molecule has 1 aromatic rings. The number of ether oxygens (including phenoxy) is 2. The Labute approximate surface area is 110 Å². The molecular formula is C10H19N3O6. The zero-order valence-corrected chi connectivity index (χ0v) is 11.4. The Morgan fingerprint density at radius 1 is 1.42 bits per heavy atom. The minimum atomic E-state index is -0.856. The van der Waals surface area contributed by atoms with Crippen molar-refractivity contribution in [1.29, 1.82) is 0 Å². The molecule has 1 unspecified atom stereocenters. The highest BCUT2D eigenvalue weighted by Crippen LogP contribution is 2.11. The number of aliphatic hydroxyl groups excluding tert-OH is 1. The number of aliphatic hydroxyl groups is 1. The van der Waals surface area contributed by atoms with Crippen LogP contribution < -0.4 is 9.85 Å². The molecule has 1 saturated heterocycles. The molecule has 0 saturated carbocycles. The van der Waals surface area contributed by atoms with Crippen molar-refractivity contribution in [2.45, 2.75) is 45.7 Å². The van der Waals surface area contributed by atoms with Gasteiger partial charge in [-0.3, -0.25) is 5.01 Å². The molecule has 1 aromatic heterocycles. The van der Waals surface area contributed by atoms with Gasteiger partial charge in [-0.05, 0) is 20.8 Å². The van der Waals surface area contributed by atoms with E-state index < -0.39 is 18.0 Å². The molecule has 9 heteroatoms. The largest absolute Gasteiger partial charge is 0.511 e. The molecule has 0 bridgehead atoms. The number of β-amino-alcohol motifs (C(OH)–C–C–N with tert-alkyl or cyclic N) is 1. The molecule has 1 atom stereocenters. The van der Waals surface area contributed by atoms with Crippen LogP contribution in [0, 0.1) is 0 Å². The van der Waals surface area contributed by atoms with Crippen LogP contribution in [0.15, 0.2) is 4.63 Å². The summed E-state index contributed by atoms with van der Waals surface area (Å²) >= 11 is 0. The average molecular weight is 277 g/mol. The maximum absolute atomic E-state index is 11.4. The van der Waals surface area contributed by atoms with Crippen molar-refractivity contribution in [2.75, 3.05) is 18.1 Å². The third kappa shape index (κ3) is 3.85. The predicted octanol–water partition coefficient (Wildman–Crippen LogP) is -0.0786. The highest BCUT2D eigenvalue weighted by molar-refractivity contribution is 5.60. The van der Waals surface area contributed by atoms with Crippen LogP contribution >= 0.6 is 0 Å². The van der Waals surface area contributed by atoms with E-state index in [-0.39, 0.29) is 6.10 Å². The summed E-state index contributed by atoms with van der Waals surface area (Å²) in [6, 6.07) is 0. The average Bonchev–Trinajstić information content (AvgIpc) is 2.88. The molecule has 2 rings (SSSR count). The minimum Gasteiger partial charge on any atom is -0.428 e. The Bertz CT molecular complexity index is 422. The van der Waals surface area contributed by atoms with E-state index in [0.29, 0.717) is 13.1 Å². The predicted molar refractivity (Wildman–Crippen MR) is 62.0 cm³/mol. The van der Waals surface area contributed by atoms with Crippen LogP contribution in [0.4, 0.5) is 4.79 Å². The van der Waals surface area contributed by atoms with Crippen molar-refractivity contribution in [1.82, 2.24) is 9.98 Å². The Hall–Kier alpha value is -1.77. The van der Waals surface area contributed by atoms with Crippen molar-refractivity contribution in [3.63, 3.8) is 0 Å². The lowest BCUT2D eigenvalue weighted by Gasteiger charge is -2.31. The second kappa shape index (κ2) is 4.72. The van der Waals surface area contributed by atoms with Gasteiger partial charge in [0.05, 0.1) is 24.2 Å². The van der Waals surface area contributed by atoms with Crippen molar-refractivity contribution in [3.05, 3.63) is 0 Å². The van der Waals surface area contributed by atoms with E-state index in [2.05, 4.69) is 0 Å². The lowest BCUT2D eigenvalue weighted by molar-refractivity contribution is -0.142. The van der Waals surface area contributed by atoms with E-state index in [9.17, 15) is 4.79 Å². The van der Waals surface area contributed by atoms with Crippen LogP contribution in [-0.2, 0) is 9.47 Å². The monoisotopic (exact) mass is 277 g/mol. The van der Waals surface area contributed by atoms with Gasteiger partial charge >= 0.3 is 6.16 Å². The van der Waals surface area contributed by atoms with Crippen molar-refractivity contribution in [3.8, 4) is 0 Å². The Morgan fingerprint density at radius 2 is 2.05 bits per heavy atom. The number of rotatable bonds is 4. The smallest absolute Gasteiger partial charge is 0.428 e. The van der Waals surface area contributed by atoms with Gasteiger partial charge in [-0.15, -0.1) is 0 Å². The molecule has 110 valence electrons. The van der Waals surface area contributed by atoms with E-state index in [0.717, 1.165) is 5.02 Å². The zero-order chi connectivity index (χ0) is 14.2. The number of aromatic nitrogens is 2. The van der Waals surface area contributed by atoms with Crippen LogP contribution in [-0.4, -0.2) is 52.3 Å². The SMILES string of the molecule is CC(OC(=O)OC(C)(C)C)On1on1N1CC(O)C1. The van der Waals surface area contributed by atoms with E-state index in [1.165, 1.54) is 11.9 Å². The quantitative estimate of drug-likeness (QED) is 0.608. The first kappa shape index (κ1) is 13.7. The third-order valence-electron chi connectivity index (χ3n) is 2.23. The van der Waals surface area contributed by atoms with Gasteiger partial charge in [-0.25, -0.2) is 4.79 Å². The van der Waals surface area contributed by atoms with E-state index in [1.807, 2.05) is 0 Å². The molecule has 9 nitrogen and oxygen atoms in total. The molecule has 0 aromatic carbocycles. The van der Waals surface area contributed by atoms with Gasteiger partial charge in [-0.2, -0.15) is 4.63 Å². The van der Waals surface area contributed by atoms with Crippen LogP contribution in [0.5, 0.6) is 0 Å². The minimum absolute atomic E-state index is 0.346. The normalized spacial score (nSPS) is 18.1. The summed E-state index contributed by atoms with van der Waals surface area (Å²) in [6.07, 6.45) is -2.01. The van der Waals surface area contributed by atoms with Gasteiger partial charge < -0.3 is 19.4 Å². The molecule has 0 spiro atoms. The Morgan fingerprint density at radius 3 is 2.58 bits per heavy atom. The number of carbonyl (C=O) groups excluding carboxylic acids is 1. The highest BCUT2D eigenvalue weighted by Gasteiger charge is 2.33. The summed E-state index contributed by atoms with van der Waals surface area (Å²) in [5.74, 6) is 0. The number of carbonyl (C=O) groups is 1. The van der Waals surface area contributed by atoms with Gasteiger partial charge in [-0.1, -0.05) is 0 Å². The molecule has 1 fully saturated rings. The van der Waals surface area contributed by atoms with Gasteiger partial charge in [0.25, 0.3) is 6.29 Å². The highest BCUT2D eigenvalue weighted by atomic mass is 17.0. The molecule has 0 amide bonds. The first-order valence-electron chi connectivity index (χ1n) is 6.02. The first-order chi connectivity index (χ1) is 8.74. The number of nitrogens with zero attached hydrogens (tertiary/aromatic N) is 3. The van der Waals surface area contributed by atoms with Crippen LogP contribution in [0.3, 0.4) is 0 Å². The zero-order valence-electron chi connectivity index (χ0n) is 11.4. The second-order valence-electron chi connectivity index (χ2n) is 5.35. The summed E-state index contributed by atoms with van der Waals surface area (Å²) in [5, 5.41) is 11.9. The van der Waals surface area contributed by atoms with E-state index >= 15 is 0 Å². The maximum Gasteiger partial charge on any atom is 0.511 e. The molecule has 0 aliphatic carbocycles. The van der Waals surface area contributed by atoms with Gasteiger partial charge in [0.1, 0.15) is 10.6 Å². The number of hydrogen-bond donors (Lipinski definition) is 1. The fourth-order valence-electron chi connectivity index (χ4n) is 1.39. The van der Waals surface area contributed by atoms with Crippen LogP contribution in [0.2, 0.25) is 0 Å². The van der Waals surface area contributed by atoms with E-state index in [4.69, 9.17) is 24.0 Å². The molecule has 19 heavy (non-hydrogen) atoms. The topological polar surface area (TPSA) is 91.2 Å². The van der Waals surface area contributed by atoms with Gasteiger partial charge in [0.2, 0.25) is 0 Å². The summed E-state index contributed by atoms with van der Waals surface area (Å²) in [5.41, 5.74) is -0.618. The summed E-state index contributed by atoms with van der Waals surface area (Å²) in [6.45, 7) is 7.70. The van der Waals surface area contributed by atoms with Gasteiger partial charge in [0.15, 0.2) is 0 Å². The third-order valence-corrected chi connectivity index (χ3v) is 2.23. The molecule has 1 N–H and O–H groups in total. The van der Waals surface area contributed by atoms with Crippen molar-refractivity contribution >= 4 is 6.16 Å². The Kier molecular flexibility index (Phi) is 3.40. The van der Waals surface area contributed by atoms with Crippen LogP contribution in [0.1, 0.15) is 27.7 Å². The second-order valence-corrected chi connectivity index (χ2v) is 5.35. The Balaban J connectivity index is 1.70. The maximum atomic E-state index is 11.4. The molecule has 1 aliphatic rings. The van der Waals surface area contributed by atoms with Crippen molar-refractivity contribution in [2.24, 2.45) is 0 Å². The molecule has 1 aliphatic heterocycles. The molecular weight excluding hydrogens is 258 g/mol. The first-order valence-corrected chi connectivity index (χ1v) is 6.02. The fourth-order valence-corrected chi connectivity index (χ4v) is 1.39. The standard InChI is InChI=1S/C10H19N3O6/c1-7(16-9(15)17-10(2,3)4)18-13-12(19-13)11-5-8(14)6-11/h7-8,14H,5-6H2,1-4H3. The summed E-state index contributed by atoms with van der Waals surface area (Å²) in [7, 11) is 0. The lowest BCUT2D eigenvalue weighted by atomic mass is 10.2. The summed E-state index contributed by atoms with van der Waals surface area (Å²) in [4.78, 5) is 17.8. The van der Waals surface area contributed by atoms with Gasteiger partial charge in [0, 0.05) is 6.92 Å². The van der Waals surface area contributed by atoms with Crippen molar-refractivity contribution < 1.29 is 28.8 Å². The summed E-state index contributed by atoms with van der Waals surface area (Å²) < 4.78 is 14.8. The van der Waals surface area contributed by atoms with E-state index in [1.54, 1.807) is 25.8 Å². The molecule has 0 radical (unpaired) electrons. The lowest BCUT2D eigenvalue weighted by Crippen LogP contribution is -2.55. The fraction of sp³-hybridized carbons (Fsp3) is 0.900.